The van der Waals surface area contributed by atoms with Crippen molar-refractivity contribution in [1.82, 2.24) is 4.98 Å². The molecule has 1 heterocycles. The van der Waals surface area contributed by atoms with Gasteiger partial charge in [0.15, 0.2) is 6.61 Å². The lowest BCUT2D eigenvalue weighted by Crippen LogP contribution is -2.13. The van der Waals surface area contributed by atoms with E-state index in [0.29, 0.717) is 17.1 Å². The highest BCUT2D eigenvalue weighted by molar-refractivity contribution is 5.90. The predicted molar refractivity (Wildman–Crippen MR) is 57.5 cm³/mol. The average molecular weight is 240 g/mol. The molecule has 0 fully saturated rings. The number of nitrogens with zero attached hydrogens (tertiary/aromatic N) is 1. The monoisotopic (exact) mass is 240 g/mol. The Balaban J connectivity index is 2.68. The van der Waals surface area contributed by atoms with Crippen molar-refractivity contribution in [2.45, 2.75) is 6.92 Å². The van der Waals surface area contributed by atoms with Crippen molar-refractivity contribution in [2.24, 2.45) is 0 Å². The van der Waals surface area contributed by atoms with Crippen molar-refractivity contribution >= 4 is 17.8 Å². The molecule has 0 spiro atoms. The van der Waals surface area contributed by atoms with Gasteiger partial charge in [-0.1, -0.05) is 0 Å². The van der Waals surface area contributed by atoms with E-state index in [-0.39, 0.29) is 0 Å². The average Bonchev–Trinajstić information content (AvgIpc) is 2.28. The summed E-state index contributed by atoms with van der Waals surface area (Å²) in [4.78, 5) is 30.1. The molecule has 0 radical (unpaired) electrons. The highest BCUT2D eigenvalue weighted by Crippen LogP contribution is 2.11. The van der Waals surface area contributed by atoms with E-state index >= 15 is 0 Å². The smallest absolute Gasteiger partial charge is 0.339 e. The fourth-order valence-electron chi connectivity index (χ4n) is 1.12. The second kappa shape index (κ2) is 5.80. The maximum Gasteiger partial charge on any atom is 0.339 e. The number of carbonyl (C=O) groups excluding carboxylic acids is 1. The van der Waals surface area contributed by atoms with E-state index in [9.17, 15) is 9.59 Å². The lowest BCUT2D eigenvalue weighted by Gasteiger charge is -2.07. The molecule has 0 amide bonds. The van der Waals surface area contributed by atoms with E-state index in [1.165, 1.54) is 19.2 Å². The van der Waals surface area contributed by atoms with Gasteiger partial charge in [0.05, 0.1) is 18.4 Å². The summed E-state index contributed by atoms with van der Waals surface area (Å²) in [5, 5.41) is 8.35. The Morgan fingerprint density at radius 1 is 1.47 bits per heavy atom. The van der Waals surface area contributed by atoms with Crippen molar-refractivity contribution in [3.05, 3.63) is 23.4 Å². The number of hydrogen-bond donors (Lipinski definition) is 2. The number of ether oxygens (including phenoxy) is 1. The first-order valence-electron chi connectivity index (χ1n) is 4.70. The summed E-state index contributed by atoms with van der Waals surface area (Å²) in [6, 6.07) is 3.00. The van der Waals surface area contributed by atoms with Crippen LogP contribution >= 0.6 is 0 Å². The highest BCUT2D eigenvalue weighted by atomic mass is 16.7. The molecule has 2 N–H and O–H groups in total. The van der Waals surface area contributed by atoms with Gasteiger partial charge in [-0.2, -0.15) is 0 Å². The second-order valence-corrected chi connectivity index (χ2v) is 3.11. The Kier molecular flexibility index (Phi) is 4.41. The number of nitrogens with one attached hydrogen (secondary N) is 1. The van der Waals surface area contributed by atoms with Gasteiger partial charge in [0.25, 0.3) is 0 Å². The maximum absolute atomic E-state index is 11.3. The molecular formula is C10H12N2O5. The molecule has 0 bridgehead atoms. The fourth-order valence-corrected chi connectivity index (χ4v) is 1.12. The van der Waals surface area contributed by atoms with E-state index < -0.39 is 18.5 Å². The topological polar surface area (TPSA) is 97.8 Å². The molecule has 17 heavy (non-hydrogen) atoms. The molecule has 7 nitrogen and oxygen atoms in total. The number of pyridine rings is 1. The number of aryl methyl sites for hydroxylation is 1. The molecule has 0 aliphatic rings. The van der Waals surface area contributed by atoms with E-state index in [1.807, 2.05) is 0 Å². The minimum Gasteiger partial charge on any atom is -0.479 e. The third-order valence-electron chi connectivity index (χ3n) is 1.86. The summed E-state index contributed by atoms with van der Waals surface area (Å²) < 4.78 is 4.56. The zero-order chi connectivity index (χ0) is 12.8. The van der Waals surface area contributed by atoms with E-state index in [1.54, 1.807) is 6.92 Å². The Bertz CT molecular complexity index is 433. The second-order valence-electron chi connectivity index (χ2n) is 3.11. The van der Waals surface area contributed by atoms with Gasteiger partial charge in [-0.25, -0.2) is 20.1 Å². The number of aliphatic carboxylic acids is 1. The molecule has 0 saturated carbocycles. The van der Waals surface area contributed by atoms with Gasteiger partial charge in [0.1, 0.15) is 5.82 Å². The number of aromatic nitrogens is 1. The molecule has 7 heteroatoms. The third-order valence-corrected chi connectivity index (χ3v) is 1.86. The van der Waals surface area contributed by atoms with Gasteiger partial charge < -0.3 is 9.84 Å². The number of anilines is 1. The molecule has 92 valence electrons. The minimum atomic E-state index is -1.10. The maximum atomic E-state index is 11.3. The first kappa shape index (κ1) is 12.9. The van der Waals surface area contributed by atoms with Crippen molar-refractivity contribution in [2.75, 3.05) is 19.2 Å². The number of carbonyl (C=O) groups is 2. The van der Waals surface area contributed by atoms with Crippen LogP contribution in [0.3, 0.4) is 0 Å². The summed E-state index contributed by atoms with van der Waals surface area (Å²) in [6.45, 7) is 1.15. The number of carboxylic acid groups (broad SMARTS) is 1. The number of carboxylic acids is 1. The van der Waals surface area contributed by atoms with Gasteiger partial charge in [-0.3, -0.25) is 4.84 Å². The fraction of sp³-hybridized carbons (Fsp3) is 0.300. The summed E-state index contributed by atoms with van der Waals surface area (Å²) in [5.74, 6) is -1.26. The Morgan fingerprint density at radius 2 is 2.18 bits per heavy atom. The van der Waals surface area contributed by atoms with Crippen molar-refractivity contribution in [3.63, 3.8) is 0 Å². The van der Waals surface area contributed by atoms with Crippen LogP contribution in [-0.4, -0.2) is 35.7 Å². The van der Waals surface area contributed by atoms with Crippen molar-refractivity contribution < 1.29 is 24.3 Å². The predicted octanol–water partition coefficient (Wildman–Crippen LogP) is 0.605. The molecule has 0 aliphatic heterocycles. The Morgan fingerprint density at radius 3 is 2.71 bits per heavy atom. The summed E-state index contributed by atoms with van der Waals surface area (Å²) >= 11 is 0. The van der Waals surface area contributed by atoms with Gasteiger partial charge in [0.2, 0.25) is 0 Å². The quantitative estimate of drug-likeness (QED) is 0.574. The zero-order valence-electron chi connectivity index (χ0n) is 9.39. The largest absolute Gasteiger partial charge is 0.479 e. The van der Waals surface area contributed by atoms with Crippen LogP contribution in [0.1, 0.15) is 16.1 Å². The number of methoxy groups -OCH3 is 1. The normalized spacial score (nSPS) is 9.76. The van der Waals surface area contributed by atoms with Crippen LogP contribution in [0.5, 0.6) is 0 Å². The van der Waals surface area contributed by atoms with E-state index in [2.05, 4.69) is 20.0 Å². The van der Waals surface area contributed by atoms with Crippen LogP contribution in [0.4, 0.5) is 5.82 Å². The summed E-state index contributed by atoms with van der Waals surface area (Å²) in [6.07, 6.45) is 0. The van der Waals surface area contributed by atoms with Crippen LogP contribution < -0.4 is 5.48 Å². The standard InChI is InChI=1S/C10H12N2O5/c1-6-7(10(15)16-2)3-4-8(11-6)12-17-5-9(13)14/h3-4H,5H2,1-2H3,(H,11,12)(H,13,14). The lowest BCUT2D eigenvalue weighted by atomic mass is 10.2. The SMILES string of the molecule is COC(=O)c1ccc(NOCC(=O)O)nc1C. The number of hydrogen-bond acceptors (Lipinski definition) is 6. The number of rotatable bonds is 5. The first-order chi connectivity index (χ1) is 8.04. The van der Waals surface area contributed by atoms with Gasteiger partial charge in [0, 0.05) is 0 Å². The van der Waals surface area contributed by atoms with Crippen LogP contribution in [0.2, 0.25) is 0 Å². The van der Waals surface area contributed by atoms with Crippen LogP contribution in [0.25, 0.3) is 0 Å². The van der Waals surface area contributed by atoms with Gasteiger partial charge >= 0.3 is 11.9 Å². The summed E-state index contributed by atoms with van der Waals surface area (Å²) in [7, 11) is 1.28. The molecule has 0 aromatic carbocycles. The van der Waals surface area contributed by atoms with E-state index in [0.717, 1.165) is 0 Å². The zero-order valence-corrected chi connectivity index (χ0v) is 9.39. The molecule has 0 aliphatic carbocycles. The van der Waals surface area contributed by atoms with Crippen molar-refractivity contribution in [1.29, 1.82) is 0 Å². The van der Waals surface area contributed by atoms with Crippen LogP contribution in [-0.2, 0) is 14.4 Å². The minimum absolute atomic E-state index is 0.316. The number of esters is 1. The third kappa shape index (κ3) is 3.72. The molecule has 1 rings (SSSR count). The molecule has 0 atom stereocenters. The van der Waals surface area contributed by atoms with Gasteiger partial charge in [-0.05, 0) is 19.1 Å². The summed E-state index contributed by atoms with van der Waals surface area (Å²) in [5.41, 5.74) is 3.16. The Labute approximate surface area is 97.3 Å². The molecular weight excluding hydrogens is 228 g/mol. The Hall–Kier alpha value is -2.15. The molecule has 0 unspecified atom stereocenters. The molecule has 1 aromatic rings. The molecule has 0 saturated heterocycles. The first-order valence-corrected chi connectivity index (χ1v) is 4.70. The van der Waals surface area contributed by atoms with Crippen LogP contribution in [0.15, 0.2) is 12.1 Å². The van der Waals surface area contributed by atoms with Crippen molar-refractivity contribution in [3.8, 4) is 0 Å². The molecule has 1 aromatic heterocycles. The van der Waals surface area contributed by atoms with E-state index in [4.69, 9.17) is 5.11 Å². The van der Waals surface area contributed by atoms with Gasteiger partial charge in [-0.15, -0.1) is 0 Å². The van der Waals surface area contributed by atoms with Crippen LogP contribution in [0, 0.1) is 6.92 Å². The lowest BCUT2D eigenvalue weighted by molar-refractivity contribution is -0.141. The highest BCUT2D eigenvalue weighted by Gasteiger charge is 2.10.